The first-order valence-corrected chi connectivity index (χ1v) is 7.35. The molecule has 1 saturated heterocycles. The number of aromatic nitrogens is 2. The molecular weight excluding hydrogens is 270 g/mol. The van der Waals surface area contributed by atoms with E-state index >= 15 is 0 Å². The highest BCUT2D eigenvalue weighted by Crippen LogP contribution is 2.13. The third-order valence-electron chi connectivity index (χ3n) is 3.22. The molecule has 21 heavy (non-hydrogen) atoms. The van der Waals surface area contributed by atoms with Crippen LogP contribution in [0.25, 0.3) is 0 Å². The summed E-state index contributed by atoms with van der Waals surface area (Å²) in [5.74, 6) is 2.29. The molecule has 2 heterocycles. The molecule has 0 aliphatic carbocycles. The Morgan fingerprint density at radius 3 is 2.76 bits per heavy atom. The third kappa shape index (κ3) is 4.86. The van der Waals surface area contributed by atoms with Gasteiger partial charge in [0.2, 0.25) is 5.91 Å². The Hall–Kier alpha value is -1.89. The Morgan fingerprint density at radius 1 is 1.38 bits per heavy atom. The van der Waals surface area contributed by atoms with E-state index in [4.69, 9.17) is 4.74 Å². The summed E-state index contributed by atoms with van der Waals surface area (Å²) in [4.78, 5) is 20.0. The van der Waals surface area contributed by atoms with Crippen LogP contribution in [0.1, 0.15) is 32.0 Å². The van der Waals surface area contributed by atoms with Gasteiger partial charge in [0, 0.05) is 38.7 Å². The van der Waals surface area contributed by atoms with Crippen LogP contribution in [-0.4, -0.2) is 42.1 Å². The molecule has 7 heteroatoms. The monoisotopic (exact) mass is 293 g/mol. The second-order valence-electron chi connectivity index (χ2n) is 5.10. The Morgan fingerprint density at radius 2 is 2.14 bits per heavy atom. The zero-order valence-electron chi connectivity index (χ0n) is 12.6. The van der Waals surface area contributed by atoms with Crippen LogP contribution in [0.4, 0.5) is 11.6 Å². The fourth-order valence-corrected chi connectivity index (χ4v) is 2.18. The number of anilines is 2. The molecule has 2 rings (SSSR count). The van der Waals surface area contributed by atoms with Crippen LogP contribution in [0.2, 0.25) is 0 Å². The topological polar surface area (TPSA) is 88.2 Å². The second-order valence-corrected chi connectivity index (χ2v) is 5.10. The number of amides is 1. The Kier molecular flexibility index (Phi) is 5.74. The lowest BCUT2D eigenvalue weighted by atomic mass is 10.2. The van der Waals surface area contributed by atoms with E-state index in [9.17, 15) is 4.79 Å². The molecule has 3 N–H and O–H groups in total. The molecular formula is C14H23N5O2. The molecule has 1 aromatic rings. The summed E-state index contributed by atoms with van der Waals surface area (Å²) in [6.07, 6.45) is 2.50. The Balaban J connectivity index is 1.98. The standard InChI is InChI=1S/C14H23N5O2/c1-3-6-15-11-7-12(19-13(18-11)9-21-2)16-8-10-4-5-14(20)17-10/h7,10H,3-6,8-9H2,1-2H3,(H,17,20)(H2,15,16,18,19). The molecule has 0 radical (unpaired) electrons. The van der Waals surface area contributed by atoms with Gasteiger partial charge in [-0.05, 0) is 12.8 Å². The van der Waals surface area contributed by atoms with Crippen LogP contribution in [0.3, 0.4) is 0 Å². The molecule has 0 aromatic carbocycles. The molecule has 0 spiro atoms. The highest BCUT2D eigenvalue weighted by Gasteiger charge is 2.20. The van der Waals surface area contributed by atoms with Gasteiger partial charge >= 0.3 is 0 Å². The molecule has 1 aliphatic rings. The van der Waals surface area contributed by atoms with Gasteiger partial charge < -0.3 is 20.7 Å². The van der Waals surface area contributed by atoms with Crippen molar-refractivity contribution in [3.63, 3.8) is 0 Å². The van der Waals surface area contributed by atoms with Crippen LogP contribution in [0, 0.1) is 0 Å². The maximum atomic E-state index is 11.2. The number of nitrogens with zero attached hydrogens (tertiary/aromatic N) is 2. The lowest BCUT2D eigenvalue weighted by Gasteiger charge is -2.14. The van der Waals surface area contributed by atoms with Gasteiger partial charge in [0.05, 0.1) is 0 Å². The van der Waals surface area contributed by atoms with E-state index in [1.807, 2.05) is 6.07 Å². The zero-order chi connectivity index (χ0) is 15.1. The van der Waals surface area contributed by atoms with Crippen molar-refractivity contribution in [1.82, 2.24) is 15.3 Å². The van der Waals surface area contributed by atoms with Crippen LogP contribution in [0.5, 0.6) is 0 Å². The number of carbonyl (C=O) groups is 1. The predicted molar refractivity (Wildman–Crippen MR) is 81.2 cm³/mol. The van der Waals surface area contributed by atoms with Crippen LogP contribution in [-0.2, 0) is 16.1 Å². The molecule has 7 nitrogen and oxygen atoms in total. The van der Waals surface area contributed by atoms with E-state index in [-0.39, 0.29) is 11.9 Å². The van der Waals surface area contributed by atoms with Gasteiger partial charge in [-0.1, -0.05) is 6.92 Å². The highest BCUT2D eigenvalue weighted by molar-refractivity contribution is 5.78. The van der Waals surface area contributed by atoms with E-state index in [0.29, 0.717) is 25.4 Å². The predicted octanol–water partition coefficient (Wildman–Crippen LogP) is 1.14. The first-order chi connectivity index (χ1) is 10.2. The number of rotatable bonds is 8. The lowest BCUT2D eigenvalue weighted by Crippen LogP contribution is -2.32. The van der Waals surface area contributed by atoms with Gasteiger partial charge in [-0.2, -0.15) is 0 Å². The van der Waals surface area contributed by atoms with Gasteiger partial charge in [0.15, 0.2) is 5.82 Å². The molecule has 1 unspecified atom stereocenters. The number of ether oxygens (including phenoxy) is 1. The first-order valence-electron chi connectivity index (χ1n) is 7.35. The van der Waals surface area contributed by atoms with Crippen molar-refractivity contribution in [3.8, 4) is 0 Å². The number of methoxy groups -OCH3 is 1. The third-order valence-corrected chi connectivity index (χ3v) is 3.22. The second kappa shape index (κ2) is 7.78. The average molecular weight is 293 g/mol. The summed E-state index contributed by atoms with van der Waals surface area (Å²) in [6, 6.07) is 2.05. The minimum Gasteiger partial charge on any atom is -0.377 e. The summed E-state index contributed by atoms with van der Waals surface area (Å²) < 4.78 is 5.10. The zero-order valence-corrected chi connectivity index (χ0v) is 12.6. The fourth-order valence-electron chi connectivity index (χ4n) is 2.18. The molecule has 1 aromatic heterocycles. The van der Waals surface area contributed by atoms with Crippen LogP contribution >= 0.6 is 0 Å². The van der Waals surface area contributed by atoms with E-state index in [1.54, 1.807) is 7.11 Å². The lowest BCUT2D eigenvalue weighted by molar-refractivity contribution is -0.119. The Labute approximate surface area is 124 Å². The molecule has 1 atom stereocenters. The Bertz CT molecular complexity index is 480. The van der Waals surface area contributed by atoms with Gasteiger partial charge in [-0.3, -0.25) is 4.79 Å². The van der Waals surface area contributed by atoms with Crippen molar-refractivity contribution in [1.29, 1.82) is 0 Å². The van der Waals surface area contributed by atoms with Crippen LogP contribution < -0.4 is 16.0 Å². The molecule has 0 saturated carbocycles. The summed E-state index contributed by atoms with van der Waals surface area (Å²) in [5, 5.41) is 9.44. The SMILES string of the molecule is CCCNc1cc(NCC2CCC(=O)N2)nc(COC)n1. The number of carbonyl (C=O) groups excluding carboxylic acids is 1. The highest BCUT2D eigenvalue weighted by atomic mass is 16.5. The first kappa shape index (κ1) is 15.5. The smallest absolute Gasteiger partial charge is 0.220 e. The summed E-state index contributed by atoms with van der Waals surface area (Å²) >= 11 is 0. The molecule has 1 fully saturated rings. The van der Waals surface area contributed by atoms with Gasteiger partial charge in [-0.25, -0.2) is 9.97 Å². The maximum absolute atomic E-state index is 11.2. The van der Waals surface area contributed by atoms with Crippen molar-refractivity contribution in [2.75, 3.05) is 30.8 Å². The number of hydrogen-bond donors (Lipinski definition) is 3. The van der Waals surface area contributed by atoms with Crippen molar-refractivity contribution < 1.29 is 9.53 Å². The summed E-state index contributed by atoms with van der Waals surface area (Å²) in [6.45, 7) is 4.01. The quantitative estimate of drug-likeness (QED) is 0.666. The van der Waals surface area contributed by atoms with E-state index in [2.05, 4.69) is 32.8 Å². The molecule has 1 amide bonds. The maximum Gasteiger partial charge on any atom is 0.220 e. The summed E-state index contributed by atoms with van der Waals surface area (Å²) in [5.41, 5.74) is 0. The number of nitrogens with one attached hydrogen (secondary N) is 3. The normalized spacial score (nSPS) is 17.6. The van der Waals surface area contributed by atoms with Crippen molar-refractivity contribution in [3.05, 3.63) is 11.9 Å². The minimum atomic E-state index is 0.120. The van der Waals surface area contributed by atoms with Gasteiger partial charge in [0.25, 0.3) is 0 Å². The van der Waals surface area contributed by atoms with Gasteiger partial charge in [0.1, 0.15) is 18.2 Å². The van der Waals surface area contributed by atoms with Crippen LogP contribution in [0.15, 0.2) is 6.07 Å². The van der Waals surface area contributed by atoms with E-state index in [0.717, 1.165) is 31.0 Å². The molecule has 0 bridgehead atoms. The molecule has 1 aliphatic heterocycles. The molecule has 116 valence electrons. The largest absolute Gasteiger partial charge is 0.377 e. The summed E-state index contributed by atoms with van der Waals surface area (Å²) in [7, 11) is 1.62. The van der Waals surface area contributed by atoms with Crippen molar-refractivity contribution in [2.24, 2.45) is 0 Å². The minimum absolute atomic E-state index is 0.120. The van der Waals surface area contributed by atoms with E-state index < -0.39 is 0 Å². The number of hydrogen-bond acceptors (Lipinski definition) is 6. The fraction of sp³-hybridized carbons (Fsp3) is 0.643. The van der Waals surface area contributed by atoms with E-state index in [1.165, 1.54) is 0 Å². The van der Waals surface area contributed by atoms with Gasteiger partial charge in [-0.15, -0.1) is 0 Å². The van der Waals surface area contributed by atoms with Crippen molar-refractivity contribution >= 4 is 17.5 Å². The average Bonchev–Trinajstić information content (AvgIpc) is 2.89. The van der Waals surface area contributed by atoms with Crippen molar-refractivity contribution in [2.45, 2.75) is 38.8 Å².